The fraction of sp³-hybridized carbons (Fsp3) is 0.600. The predicted molar refractivity (Wildman–Crippen MR) is 87.2 cm³/mol. The van der Waals surface area contributed by atoms with Crippen molar-refractivity contribution in [1.82, 2.24) is 9.03 Å². The quantitative estimate of drug-likeness (QED) is 0.725. The molecule has 0 atom stereocenters. The van der Waals surface area contributed by atoms with Gasteiger partial charge in [0, 0.05) is 19.1 Å². The van der Waals surface area contributed by atoms with Crippen LogP contribution in [0.25, 0.3) is 0 Å². The monoisotopic (exact) mass is 313 g/mol. The zero-order chi connectivity index (χ0) is 15.9. The first-order chi connectivity index (χ1) is 9.77. The number of hydrogen-bond acceptors (Lipinski definition) is 3. The Kier molecular flexibility index (Phi) is 6.80. The van der Waals surface area contributed by atoms with Crippen LogP contribution in [0, 0.1) is 0 Å². The van der Waals surface area contributed by atoms with Crippen LogP contribution in [0.15, 0.2) is 30.3 Å². The minimum Gasteiger partial charge on any atom is -0.330 e. The average molecular weight is 313 g/mol. The molecule has 3 N–H and O–H groups in total. The third-order valence-corrected chi connectivity index (χ3v) is 5.19. The van der Waals surface area contributed by atoms with E-state index in [-0.39, 0.29) is 0 Å². The molecule has 0 fully saturated rings. The van der Waals surface area contributed by atoms with Crippen molar-refractivity contribution < 1.29 is 8.42 Å². The molecule has 6 heteroatoms. The van der Waals surface area contributed by atoms with E-state index in [1.807, 2.05) is 32.0 Å². The molecule has 21 heavy (non-hydrogen) atoms. The first kappa shape index (κ1) is 18.1. The summed E-state index contributed by atoms with van der Waals surface area (Å²) in [7, 11) is -1.89. The smallest absolute Gasteiger partial charge is 0.279 e. The highest BCUT2D eigenvalue weighted by Crippen LogP contribution is 2.15. The van der Waals surface area contributed by atoms with Crippen molar-refractivity contribution in [2.24, 2.45) is 5.73 Å². The van der Waals surface area contributed by atoms with E-state index in [1.54, 1.807) is 7.05 Å². The van der Waals surface area contributed by atoms with E-state index in [4.69, 9.17) is 5.73 Å². The van der Waals surface area contributed by atoms with Crippen LogP contribution >= 0.6 is 0 Å². The van der Waals surface area contributed by atoms with E-state index in [2.05, 4.69) is 16.9 Å². The lowest BCUT2D eigenvalue weighted by atomic mass is 9.97. The van der Waals surface area contributed by atoms with E-state index in [0.717, 1.165) is 12.8 Å². The molecule has 0 aliphatic carbocycles. The Balaban J connectivity index is 2.58. The van der Waals surface area contributed by atoms with Gasteiger partial charge in [0.2, 0.25) is 0 Å². The maximum Gasteiger partial charge on any atom is 0.279 e. The molecule has 5 nitrogen and oxygen atoms in total. The summed E-state index contributed by atoms with van der Waals surface area (Å²) in [6, 6.07) is 10.1. The van der Waals surface area contributed by atoms with Crippen LogP contribution in [0.2, 0.25) is 0 Å². The van der Waals surface area contributed by atoms with Gasteiger partial charge < -0.3 is 5.73 Å². The van der Waals surface area contributed by atoms with Crippen LogP contribution in [0.5, 0.6) is 0 Å². The normalized spacial score (nSPS) is 12.8. The van der Waals surface area contributed by atoms with Crippen LogP contribution in [-0.4, -0.2) is 38.4 Å². The molecular formula is C15H27N3O2S. The van der Waals surface area contributed by atoms with Crippen molar-refractivity contribution in [2.45, 2.75) is 38.6 Å². The molecule has 0 bridgehead atoms. The summed E-state index contributed by atoms with van der Waals surface area (Å²) in [6.45, 7) is 4.73. The van der Waals surface area contributed by atoms with Gasteiger partial charge in [0.1, 0.15) is 0 Å². The van der Waals surface area contributed by atoms with Gasteiger partial charge in [-0.3, -0.25) is 0 Å². The Bertz CT molecular complexity index is 515. The molecule has 0 spiro atoms. The highest BCUT2D eigenvalue weighted by molar-refractivity contribution is 7.87. The summed E-state index contributed by atoms with van der Waals surface area (Å²) in [5, 5.41) is 0. The van der Waals surface area contributed by atoms with Crippen LogP contribution in [0.3, 0.4) is 0 Å². The first-order valence-electron chi connectivity index (χ1n) is 7.26. The third kappa shape index (κ3) is 6.56. The van der Waals surface area contributed by atoms with E-state index in [9.17, 15) is 8.42 Å². The molecule has 0 radical (unpaired) electrons. The molecule has 0 aromatic heterocycles. The Morgan fingerprint density at radius 2 is 1.86 bits per heavy atom. The number of rotatable bonds is 9. The number of nitrogens with one attached hydrogen (secondary N) is 1. The Hall–Kier alpha value is -0.950. The molecule has 0 aliphatic rings. The van der Waals surface area contributed by atoms with Crippen molar-refractivity contribution >= 4 is 10.2 Å². The summed E-state index contributed by atoms with van der Waals surface area (Å²) < 4.78 is 28.6. The lowest BCUT2D eigenvalue weighted by Gasteiger charge is -2.29. The molecule has 1 rings (SSSR count). The van der Waals surface area contributed by atoms with E-state index < -0.39 is 15.7 Å². The maximum atomic E-state index is 12.2. The lowest BCUT2D eigenvalue weighted by Crippen LogP contribution is -2.49. The minimum atomic E-state index is -3.47. The zero-order valence-electron chi connectivity index (χ0n) is 13.2. The van der Waals surface area contributed by atoms with Gasteiger partial charge in [0.05, 0.1) is 0 Å². The topological polar surface area (TPSA) is 75.4 Å². The van der Waals surface area contributed by atoms with Gasteiger partial charge in [0.15, 0.2) is 0 Å². The molecule has 0 unspecified atom stereocenters. The number of hydrogen-bond donors (Lipinski definition) is 2. The molecule has 0 heterocycles. The maximum absolute atomic E-state index is 12.2. The van der Waals surface area contributed by atoms with Gasteiger partial charge in [-0.15, -0.1) is 0 Å². The van der Waals surface area contributed by atoms with Crippen LogP contribution in [-0.2, 0) is 16.6 Å². The highest BCUT2D eigenvalue weighted by Gasteiger charge is 2.27. The SMILES string of the molecule is CN(CCCN)S(=O)(=O)NC(C)(C)CCc1ccccc1. The van der Waals surface area contributed by atoms with Gasteiger partial charge in [-0.25, -0.2) is 0 Å². The van der Waals surface area contributed by atoms with Gasteiger partial charge in [-0.1, -0.05) is 30.3 Å². The number of nitrogens with two attached hydrogens (primary N) is 1. The molecule has 0 saturated carbocycles. The van der Waals surface area contributed by atoms with E-state index in [1.165, 1.54) is 9.87 Å². The fourth-order valence-electron chi connectivity index (χ4n) is 2.01. The standard InChI is InChI=1S/C15H27N3O2S/c1-15(2,11-10-14-8-5-4-6-9-14)17-21(19,20)18(3)13-7-12-16/h4-6,8-9,17H,7,10-13,16H2,1-3H3. The Labute approximate surface area is 128 Å². The molecule has 120 valence electrons. The van der Waals surface area contributed by atoms with E-state index in [0.29, 0.717) is 19.5 Å². The van der Waals surface area contributed by atoms with Crippen molar-refractivity contribution in [3.8, 4) is 0 Å². The summed E-state index contributed by atoms with van der Waals surface area (Å²) >= 11 is 0. The summed E-state index contributed by atoms with van der Waals surface area (Å²) in [6.07, 6.45) is 2.23. The van der Waals surface area contributed by atoms with Gasteiger partial charge in [0.25, 0.3) is 10.2 Å². The number of nitrogens with zero attached hydrogens (tertiary/aromatic N) is 1. The van der Waals surface area contributed by atoms with Gasteiger partial charge in [-0.2, -0.15) is 17.4 Å². The molecule has 0 saturated heterocycles. The van der Waals surface area contributed by atoms with Crippen molar-refractivity contribution in [2.75, 3.05) is 20.1 Å². The molecule has 0 amide bonds. The Morgan fingerprint density at radius 1 is 1.24 bits per heavy atom. The van der Waals surface area contributed by atoms with Crippen LogP contribution in [0.1, 0.15) is 32.3 Å². The second-order valence-corrected chi connectivity index (χ2v) is 7.72. The van der Waals surface area contributed by atoms with E-state index >= 15 is 0 Å². The number of aryl methyl sites for hydroxylation is 1. The van der Waals surface area contributed by atoms with Gasteiger partial charge in [-0.05, 0) is 45.2 Å². The van der Waals surface area contributed by atoms with Crippen LogP contribution in [0.4, 0.5) is 0 Å². The largest absolute Gasteiger partial charge is 0.330 e. The molecular weight excluding hydrogens is 286 g/mol. The predicted octanol–water partition coefficient (Wildman–Crippen LogP) is 1.51. The van der Waals surface area contributed by atoms with Crippen molar-refractivity contribution in [3.05, 3.63) is 35.9 Å². The zero-order valence-corrected chi connectivity index (χ0v) is 14.0. The van der Waals surface area contributed by atoms with Crippen LogP contribution < -0.4 is 10.5 Å². The molecule has 1 aromatic rings. The Morgan fingerprint density at radius 3 is 2.43 bits per heavy atom. The molecule has 0 aliphatic heterocycles. The summed E-state index contributed by atoms with van der Waals surface area (Å²) in [5.74, 6) is 0. The highest BCUT2D eigenvalue weighted by atomic mass is 32.2. The molecule has 1 aromatic carbocycles. The summed E-state index contributed by atoms with van der Waals surface area (Å²) in [4.78, 5) is 0. The minimum absolute atomic E-state index is 0.431. The third-order valence-electron chi connectivity index (χ3n) is 3.37. The first-order valence-corrected chi connectivity index (χ1v) is 8.70. The summed E-state index contributed by atoms with van der Waals surface area (Å²) in [5.41, 5.74) is 6.13. The van der Waals surface area contributed by atoms with Crippen molar-refractivity contribution in [1.29, 1.82) is 0 Å². The average Bonchev–Trinajstić information content (AvgIpc) is 2.42. The second kappa shape index (κ2) is 7.89. The van der Waals surface area contributed by atoms with Gasteiger partial charge >= 0.3 is 0 Å². The second-order valence-electron chi connectivity index (χ2n) is 5.94. The lowest BCUT2D eigenvalue weighted by molar-refractivity contribution is 0.388. The number of benzene rings is 1. The van der Waals surface area contributed by atoms with Crippen molar-refractivity contribution in [3.63, 3.8) is 0 Å². The fourth-order valence-corrected chi connectivity index (χ4v) is 3.34.